The number of hydrogen-bond acceptors (Lipinski definition) is 5. The first kappa shape index (κ1) is 13.2. The van der Waals surface area contributed by atoms with E-state index < -0.39 is 0 Å². The van der Waals surface area contributed by atoms with E-state index in [9.17, 15) is 0 Å². The molecule has 0 unspecified atom stereocenters. The third-order valence-corrected chi connectivity index (χ3v) is 2.61. The molecule has 0 atom stereocenters. The number of aromatic nitrogens is 1. The van der Waals surface area contributed by atoms with Crippen LogP contribution in [0.1, 0.15) is 5.56 Å². The molecule has 0 radical (unpaired) electrons. The average molecular weight is 259 g/mol. The van der Waals surface area contributed by atoms with E-state index in [2.05, 4.69) is 10.3 Å². The van der Waals surface area contributed by atoms with Crippen molar-refractivity contribution in [3.05, 3.63) is 42.0 Å². The molecule has 2 aromatic rings. The summed E-state index contributed by atoms with van der Waals surface area (Å²) in [6.07, 6.45) is 0. The molecular formula is C14H17N3O2. The number of nitrogens with two attached hydrogens (primary N) is 1. The van der Waals surface area contributed by atoms with Gasteiger partial charge >= 0.3 is 0 Å². The van der Waals surface area contributed by atoms with Crippen LogP contribution in [0.3, 0.4) is 0 Å². The first-order valence-corrected chi connectivity index (χ1v) is 5.88. The van der Waals surface area contributed by atoms with Crippen molar-refractivity contribution in [2.24, 2.45) is 0 Å². The lowest BCUT2D eigenvalue weighted by molar-refractivity contribution is 0.185. The molecule has 0 bridgehead atoms. The molecule has 0 amide bonds. The first-order chi connectivity index (χ1) is 9.22. The fraction of sp³-hybridized carbons (Fsp3) is 0.214. The van der Waals surface area contributed by atoms with Gasteiger partial charge in [-0.05, 0) is 23.8 Å². The van der Waals surface area contributed by atoms with Crippen LogP contribution in [0.25, 0.3) is 0 Å². The molecule has 0 aliphatic rings. The minimum absolute atomic E-state index is 0.518. The highest BCUT2D eigenvalue weighted by Gasteiger charge is 2.04. The Kier molecular flexibility index (Phi) is 4.20. The monoisotopic (exact) mass is 259 g/mol. The molecule has 1 heterocycles. The minimum atomic E-state index is 0.518. The Bertz CT molecular complexity index is 558. The third kappa shape index (κ3) is 3.35. The summed E-state index contributed by atoms with van der Waals surface area (Å²) in [7, 11) is 3.24. The van der Waals surface area contributed by atoms with Gasteiger partial charge in [-0.3, -0.25) is 0 Å². The lowest BCUT2D eigenvalue weighted by Gasteiger charge is -2.10. The van der Waals surface area contributed by atoms with Crippen molar-refractivity contribution in [1.82, 2.24) is 4.98 Å². The van der Waals surface area contributed by atoms with Gasteiger partial charge in [0.05, 0.1) is 19.4 Å². The van der Waals surface area contributed by atoms with E-state index in [1.165, 1.54) is 0 Å². The van der Waals surface area contributed by atoms with Crippen LogP contribution in [-0.4, -0.2) is 19.2 Å². The second-order valence-electron chi connectivity index (χ2n) is 4.05. The van der Waals surface area contributed by atoms with Crippen molar-refractivity contribution in [2.75, 3.05) is 25.3 Å². The van der Waals surface area contributed by atoms with Gasteiger partial charge in [-0.25, -0.2) is 0 Å². The molecule has 0 aliphatic carbocycles. The Morgan fingerprint density at radius 1 is 1.21 bits per heavy atom. The molecule has 0 saturated carbocycles. The van der Waals surface area contributed by atoms with E-state index in [0.29, 0.717) is 24.0 Å². The van der Waals surface area contributed by atoms with Gasteiger partial charge in [0.15, 0.2) is 5.82 Å². The van der Waals surface area contributed by atoms with Crippen LogP contribution in [0.15, 0.2) is 36.4 Å². The molecule has 100 valence electrons. The molecule has 0 aliphatic heterocycles. The third-order valence-electron chi connectivity index (χ3n) is 2.61. The van der Waals surface area contributed by atoms with Crippen molar-refractivity contribution >= 4 is 17.2 Å². The van der Waals surface area contributed by atoms with E-state index in [4.69, 9.17) is 15.2 Å². The quantitative estimate of drug-likeness (QED) is 0.863. The number of nitrogens with zero attached hydrogens (tertiary/aromatic N) is 1. The fourth-order valence-electron chi connectivity index (χ4n) is 1.71. The van der Waals surface area contributed by atoms with Crippen molar-refractivity contribution in [2.45, 2.75) is 6.61 Å². The van der Waals surface area contributed by atoms with Crippen LogP contribution in [0.5, 0.6) is 5.88 Å². The van der Waals surface area contributed by atoms with Gasteiger partial charge in [0.1, 0.15) is 0 Å². The van der Waals surface area contributed by atoms with E-state index in [-0.39, 0.29) is 0 Å². The van der Waals surface area contributed by atoms with E-state index in [0.717, 1.165) is 11.3 Å². The number of nitrogens with one attached hydrogen (secondary N) is 1. The fourth-order valence-corrected chi connectivity index (χ4v) is 1.71. The second-order valence-corrected chi connectivity index (χ2v) is 4.05. The summed E-state index contributed by atoms with van der Waals surface area (Å²) in [6.45, 7) is 0.566. The zero-order chi connectivity index (χ0) is 13.7. The number of rotatable bonds is 5. The molecule has 19 heavy (non-hydrogen) atoms. The lowest BCUT2D eigenvalue weighted by Crippen LogP contribution is -2.01. The van der Waals surface area contributed by atoms with Crippen LogP contribution in [-0.2, 0) is 11.3 Å². The smallest absolute Gasteiger partial charge is 0.215 e. The summed E-state index contributed by atoms with van der Waals surface area (Å²) in [4.78, 5) is 4.27. The predicted molar refractivity (Wildman–Crippen MR) is 75.6 cm³/mol. The van der Waals surface area contributed by atoms with Gasteiger partial charge in [0.2, 0.25) is 5.88 Å². The molecule has 5 nitrogen and oxygen atoms in total. The van der Waals surface area contributed by atoms with E-state index in [1.807, 2.05) is 24.3 Å². The van der Waals surface area contributed by atoms with Crippen molar-refractivity contribution in [3.8, 4) is 5.88 Å². The largest absolute Gasteiger partial charge is 0.481 e. The van der Waals surface area contributed by atoms with E-state index >= 15 is 0 Å². The number of benzene rings is 1. The lowest BCUT2D eigenvalue weighted by atomic mass is 10.2. The first-order valence-electron chi connectivity index (χ1n) is 5.88. The van der Waals surface area contributed by atoms with Crippen LogP contribution < -0.4 is 15.8 Å². The Hall–Kier alpha value is -2.27. The van der Waals surface area contributed by atoms with Crippen molar-refractivity contribution in [1.29, 1.82) is 0 Å². The highest BCUT2D eigenvalue weighted by Crippen LogP contribution is 2.24. The van der Waals surface area contributed by atoms with Gasteiger partial charge in [-0.15, -0.1) is 0 Å². The number of hydrogen-bond donors (Lipinski definition) is 2. The normalized spacial score (nSPS) is 10.2. The van der Waals surface area contributed by atoms with Gasteiger partial charge < -0.3 is 20.5 Å². The second kappa shape index (κ2) is 6.06. The van der Waals surface area contributed by atoms with Crippen LogP contribution >= 0.6 is 0 Å². The number of methoxy groups -OCH3 is 2. The molecule has 0 spiro atoms. The highest BCUT2D eigenvalue weighted by molar-refractivity contribution is 5.69. The average Bonchev–Trinajstić information content (AvgIpc) is 2.42. The Morgan fingerprint density at radius 2 is 2.05 bits per heavy atom. The van der Waals surface area contributed by atoms with Gasteiger partial charge in [0.25, 0.3) is 0 Å². The number of ether oxygens (including phenoxy) is 2. The Labute approximate surface area is 112 Å². The summed E-state index contributed by atoms with van der Waals surface area (Å²) in [5, 5.41) is 3.17. The molecule has 1 aromatic carbocycles. The van der Waals surface area contributed by atoms with E-state index in [1.54, 1.807) is 26.4 Å². The number of anilines is 3. The molecular weight excluding hydrogens is 242 g/mol. The molecule has 0 fully saturated rings. The van der Waals surface area contributed by atoms with Crippen LogP contribution in [0.2, 0.25) is 0 Å². The zero-order valence-corrected chi connectivity index (χ0v) is 11.0. The maximum absolute atomic E-state index is 5.88. The van der Waals surface area contributed by atoms with Crippen LogP contribution in [0.4, 0.5) is 17.2 Å². The summed E-state index contributed by atoms with van der Waals surface area (Å²) in [5.74, 6) is 1.10. The van der Waals surface area contributed by atoms with Crippen molar-refractivity contribution in [3.63, 3.8) is 0 Å². The predicted octanol–water partition coefficient (Wildman–Crippen LogP) is 2.56. The van der Waals surface area contributed by atoms with Crippen LogP contribution in [0, 0.1) is 0 Å². The standard InChI is InChI=1S/C14H17N3O2/c1-18-9-10-4-3-5-11(8-10)16-14-12(15)6-7-13(17-14)19-2/h3-8H,9,15H2,1-2H3,(H,16,17). The van der Waals surface area contributed by atoms with Crippen molar-refractivity contribution < 1.29 is 9.47 Å². The van der Waals surface area contributed by atoms with Gasteiger partial charge in [-0.1, -0.05) is 12.1 Å². The topological polar surface area (TPSA) is 69.4 Å². The summed E-state index contributed by atoms with van der Waals surface area (Å²) < 4.78 is 10.2. The molecule has 3 N–H and O–H groups in total. The maximum Gasteiger partial charge on any atom is 0.215 e. The molecule has 0 saturated heterocycles. The Balaban J connectivity index is 2.22. The molecule has 2 rings (SSSR count). The number of pyridine rings is 1. The summed E-state index contributed by atoms with van der Waals surface area (Å²) in [5.41, 5.74) is 8.43. The van der Waals surface area contributed by atoms with Gasteiger partial charge in [0, 0.05) is 18.9 Å². The Morgan fingerprint density at radius 3 is 2.79 bits per heavy atom. The minimum Gasteiger partial charge on any atom is -0.481 e. The molecule has 5 heteroatoms. The highest BCUT2D eigenvalue weighted by atomic mass is 16.5. The number of nitrogen functional groups attached to an aromatic ring is 1. The zero-order valence-electron chi connectivity index (χ0n) is 11.0. The summed E-state index contributed by atoms with van der Waals surface area (Å²) >= 11 is 0. The molecule has 1 aromatic heterocycles. The SMILES string of the molecule is COCc1cccc(Nc2nc(OC)ccc2N)c1. The maximum atomic E-state index is 5.88. The summed E-state index contributed by atoms with van der Waals surface area (Å²) in [6, 6.07) is 11.4. The van der Waals surface area contributed by atoms with Gasteiger partial charge in [-0.2, -0.15) is 4.98 Å².